The summed E-state index contributed by atoms with van der Waals surface area (Å²) in [6, 6.07) is 1.78. The number of nitrogens with one attached hydrogen (secondary N) is 2. The molecule has 8 heteroatoms. The molecule has 0 fully saturated rings. The highest BCUT2D eigenvalue weighted by Crippen LogP contribution is 2.34. The van der Waals surface area contributed by atoms with Gasteiger partial charge in [0.2, 0.25) is 10.0 Å². The zero-order valence-electron chi connectivity index (χ0n) is 9.46. The summed E-state index contributed by atoms with van der Waals surface area (Å²) < 4.78 is 27.0. The van der Waals surface area contributed by atoms with Crippen LogP contribution in [0.25, 0.3) is 0 Å². The molecule has 0 aliphatic carbocycles. The minimum atomic E-state index is -3.45. The average Bonchev–Trinajstić information content (AvgIpc) is 2.55. The Morgan fingerprint density at radius 3 is 2.59 bits per heavy atom. The lowest BCUT2D eigenvalue weighted by Crippen LogP contribution is -2.34. The highest BCUT2D eigenvalue weighted by molar-refractivity contribution is 9.11. The second-order valence-electron chi connectivity index (χ2n) is 3.69. The smallest absolute Gasteiger partial charge is 0.250 e. The van der Waals surface area contributed by atoms with Crippen LogP contribution in [0.5, 0.6) is 0 Å². The maximum atomic E-state index is 11.8. The number of sulfonamides is 1. The first-order chi connectivity index (χ1) is 7.83. The Morgan fingerprint density at radius 2 is 2.12 bits per heavy atom. The van der Waals surface area contributed by atoms with Gasteiger partial charge >= 0.3 is 0 Å². The largest absolute Gasteiger partial charge is 0.313 e. The lowest BCUT2D eigenvalue weighted by atomic mass is 10.4. The fraction of sp³-hybridized carbons (Fsp3) is 0.556. The van der Waals surface area contributed by atoms with Gasteiger partial charge in [-0.1, -0.05) is 25.4 Å². The van der Waals surface area contributed by atoms with Crippen LogP contribution in [-0.2, 0) is 10.0 Å². The van der Waals surface area contributed by atoms with E-state index in [0.717, 1.165) is 11.3 Å². The first-order valence-corrected chi connectivity index (χ1v) is 8.48. The Labute approximate surface area is 119 Å². The molecular formula is C9H14BrClN2O2S2. The summed E-state index contributed by atoms with van der Waals surface area (Å²) in [6.45, 7) is 4.96. The molecule has 0 spiro atoms. The summed E-state index contributed by atoms with van der Waals surface area (Å²) in [6.07, 6.45) is 0. The molecule has 0 saturated carbocycles. The molecule has 0 bridgehead atoms. The van der Waals surface area contributed by atoms with E-state index in [0.29, 0.717) is 27.9 Å². The van der Waals surface area contributed by atoms with Gasteiger partial charge in [-0.15, -0.1) is 11.3 Å². The summed E-state index contributed by atoms with van der Waals surface area (Å²) in [5.41, 5.74) is 0. The van der Waals surface area contributed by atoms with E-state index < -0.39 is 10.0 Å². The first-order valence-electron chi connectivity index (χ1n) is 5.01. The lowest BCUT2D eigenvalue weighted by molar-refractivity contribution is 0.561. The van der Waals surface area contributed by atoms with Gasteiger partial charge in [0.05, 0.1) is 8.81 Å². The zero-order valence-corrected chi connectivity index (χ0v) is 13.4. The summed E-state index contributed by atoms with van der Waals surface area (Å²) in [5, 5.41) is 3.54. The van der Waals surface area contributed by atoms with Crippen LogP contribution in [0.4, 0.5) is 0 Å². The van der Waals surface area contributed by atoms with Crippen molar-refractivity contribution < 1.29 is 8.42 Å². The van der Waals surface area contributed by atoms with Crippen molar-refractivity contribution in [1.82, 2.24) is 10.0 Å². The van der Waals surface area contributed by atoms with Gasteiger partial charge in [0.15, 0.2) is 0 Å². The van der Waals surface area contributed by atoms with E-state index in [1.807, 2.05) is 13.8 Å². The molecule has 0 aliphatic rings. The minimum absolute atomic E-state index is 0.221. The standard InChI is InChI=1S/C9H14BrClN2O2S2/c1-6(2)12-3-4-13-17(14,15)8-5-7(11)9(10)16-8/h5-6,12-13H,3-4H2,1-2H3. The summed E-state index contributed by atoms with van der Waals surface area (Å²) >= 11 is 10.1. The number of halogens is 2. The second kappa shape index (κ2) is 6.49. The SMILES string of the molecule is CC(C)NCCNS(=O)(=O)c1cc(Cl)c(Br)s1. The molecule has 0 amide bonds. The van der Waals surface area contributed by atoms with Crippen LogP contribution in [0.3, 0.4) is 0 Å². The van der Waals surface area contributed by atoms with Crippen molar-refractivity contribution in [2.75, 3.05) is 13.1 Å². The molecule has 0 saturated heterocycles. The van der Waals surface area contributed by atoms with Crippen molar-refractivity contribution in [2.24, 2.45) is 0 Å². The normalized spacial score (nSPS) is 12.3. The number of thiophene rings is 1. The van der Waals surface area contributed by atoms with E-state index in [-0.39, 0.29) is 4.21 Å². The minimum Gasteiger partial charge on any atom is -0.313 e. The molecule has 0 aromatic carbocycles. The molecule has 1 aromatic heterocycles. The van der Waals surface area contributed by atoms with Gasteiger partial charge < -0.3 is 5.32 Å². The van der Waals surface area contributed by atoms with Gasteiger partial charge in [0, 0.05) is 19.1 Å². The highest BCUT2D eigenvalue weighted by atomic mass is 79.9. The van der Waals surface area contributed by atoms with Crippen molar-refractivity contribution in [3.63, 3.8) is 0 Å². The average molecular weight is 362 g/mol. The Kier molecular flexibility index (Phi) is 5.88. The summed E-state index contributed by atoms with van der Waals surface area (Å²) in [4.78, 5) is 0. The van der Waals surface area contributed by atoms with E-state index in [4.69, 9.17) is 11.6 Å². The van der Waals surface area contributed by atoms with E-state index in [9.17, 15) is 8.42 Å². The van der Waals surface area contributed by atoms with E-state index in [2.05, 4.69) is 26.0 Å². The molecule has 0 atom stereocenters. The van der Waals surface area contributed by atoms with Gasteiger partial charge in [-0.05, 0) is 22.0 Å². The predicted molar refractivity (Wildman–Crippen MR) is 75.4 cm³/mol. The summed E-state index contributed by atoms with van der Waals surface area (Å²) in [5.74, 6) is 0. The zero-order chi connectivity index (χ0) is 13.1. The van der Waals surface area contributed by atoms with Crippen LogP contribution in [0, 0.1) is 0 Å². The molecule has 17 heavy (non-hydrogen) atoms. The summed E-state index contributed by atoms with van der Waals surface area (Å²) in [7, 11) is -3.45. The monoisotopic (exact) mass is 360 g/mol. The molecule has 0 unspecified atom stereocenters. The van der Waals surface area contributed by atoms with Crippen molar-refractivity contribution in [1.29, 1.82) is 0 Å². The molecule has 4 nitrogen and oxygen atoms in total. The highest BCUT2D eigenvalue weighted by Gasteiger charge is 2.18. The number of rotatable bonds is 6. The molecule has 0 aliphatic heterocycles. The van der Waals surface area contributed by atoms with Crippen molar-refractivity contribution in [3.8, 4) is 0 Å². The number of hydrogen-bond acceptors (Lipinski definition) is 4. The van der Waals surface area contributed by atoms with Gasteiger partial charge in [-0.3, -0.25) is 0 Å². The first kappa shape index (κ1) is 15.4. The Morgan fingerprint density at radius 1 is 1.47 bits per heavy atom. The quantitative estimate of drug-likeness (QED) is 0.765. The van der Waals surface area contributed by atoms with Gasteiger partial charge in [0.25, 0.3) is 0 Å². The van der Waals surface area contributed by atoms with Gasteiger partial charge in [-0.25, -0.2) is 13.1 Å². The van der Waals surface area contributed by atoms with Crippen LogP contribution in [0.15, 0.2) is 14.1 Å². The third-order valence-corrected chi connectivity index (χ3v) is 6.27. The fourth-order valence-corrected chi connectivity index (χ4v) is 4.55. The van der Waals surface area contributed by atoms with E-state index in [1.165, 1.54) is 6.07 Å². The predicted octanol–water partition coefficient (Wildman–Crippen LogP) is 2.44. The molecule has 1 aromatic rings. The van der Waals surface area contributed by atoms with Crippen LogP contribution in [0.2, 0.25) is 5.02 Å². The molecular weight excluding hydrogens is 348 g/mol. The maximum absolute atomic E-state index is 11.8. The van der Waals surface area contributed by atoms with Crippen molar-refractivity contribution in [3.05, 3.63) is 14.9 Å². The van der Waals surface area contributed by atoms with Crippen molar-refractivity contribution in [2.45, 2.75) is 24.1 Å². The Bertz CT molecular complexity index is 454. The van der Waals surface area contributed by atoms with Gasteiger partial charge in [0.1, 0.15) is 4.21 Å². The third-order valence-electron chi connectivity index (χ3n) is 1.86. The lowest BCUT2D eigenvalue weighted by Gasteiger charge is -2.08. The molecule has 1 rings (SSSR count). The third kappa shape index (κ3) is 4.84. The van der Waals surface area contributed by atoms with Crippen molar-refractivity contribution >= 4 is 48.9 Å². The molecule has 0 radical (unpaired) electrons. The fourth-order valence-electron chi connectivity index (χ4n) is 1.08. The topological polar surface area (TPSA) is 58.2 Å². The van der Waals surface area contributed by atoms with Crippen LogP contribution in [0.1, 0.15) is 13.8 Å². The second-order valence-corrected chi connectivity index (χ2v) is 8.46. The molecule has 1 heterocycles. The maximum Gasteiger partial charge on any atom is 0.250 e. The Hall–Kier alpha value is 0.340. The van der Waals surface area contributed by atoms with Crippen LogP contribution in [-0.4, -0.2) is 27.5 Å². The van der Waals surface area contributed by atoms with Gasteiger partial charge in [-0.2, -0.15) is 0 Å². The van der Waals surface area contributed by atoms with E-state index in [1.54, 1.807) is 0 Å². The van der Waals surface area contributed by atoms with E-state index >= 15 is 0 Å². The molecule has 98 valence electrons. The number of hydrogen-bond donors (Lipinski definition) is 2. The van der Waals surface area contributed by atoms with Crippen LogP contribution < -0.4 is 10.0 Å². The molecule has 2 N–H and O–H groups in total. The van der Waals surface area contributed by atoms with Crippen LogP contribution >= 0.6 is 38.9 Å². The Balaban J connectivity index is 2.57.